The Morgan fingerprint density at radius 1 is 1.46 bits per heavy atom. The molecule has 72 valence electrons. The number of aromatic nitrogens is 2. The third-order valence-electron chi connectivity index (χ3n) is 1.53. The van der Waals surface area contributed by atoms with Crippen molar-refractivity contribution in [2.45, 2.75) is 19.4 Å². The second-order valence-corrected chi connectivity index (χ2v) is 3.53. The molecule has 0 aliphatic rings. The maximum atomic E-state index is 9.67. The number of methoxy groups -OCH3 is 1. The Hall–Kier alpha value is -0.870. The molecule has 0 unspecified atom stereocenters. The van der Waals surface area contributed by atoms with Gasteiger partial charge in [-0.25, -0.2) is 0 Å². The molecule has 1 N–H and O–H groups in total. The van der Waals surface area contributed by atoms with Crippen molar-refractivity contribution in [2.24, 2.45) is 0 Å². The normalized spacial score (nSPS) is 11.5. The van der Waals surface area contributed by atoms with Gasteiger partial charge in [0.05, 0.1) is 7.11 Å². The van der Waals surface area contributed by atoms with Crippen molar-refractivity contribution in [1.29, 1.82) is 0 Å². The van der Waals surface area contributed by atoms with Crippen LogP contribution in [0.4, 0.5) is 0 Å². The Morgan fingerprint density at radius 3 is 2.54 bits per heavy atom. The van der Waals surface area contributed by atoms with Gasteiger partial charge in [0.15, 0.2) is 5.15 Å². The number of hydrogen-bond acceptors (Lipinski definition) is 4. The lowest BCUT2D eigenvalue weighted by Crippen LogP contribution is -2.19. The van der Waals surface area contributed by atoms with Gasteiger partial charge in [0.1, 0.15) is 17.0 Å². The van der Waals surface area contributed by atoms with E-state index < -0.39 is 5.60 Å². The van der Waals surface area contributed by atoms with E-state index in [1.54, 1.807) is 13.8 Å². The van der Waals surface area contributed by atoms with E-state index in [0.29, 0.717) is 11.4 Å². The minimum atomic E-state index is -1.08. The fourth-order valence-electron chi connectivity index (χ4n) is 0.932. The average molecular weight is 203 g/mol. The van der Waals surface area contributed by atoms with Gasteiger partial charge in [-0.1, -0.05) is 11.6 Å². The highest BCUT2D eigenvalue weighted by molar-refractivity contribution is 6.29. The fraction of sp³-hybridized carbons (Fsp3) is 0.500. The summed E-state index contributed by atoms with van der Waals surface area (Å²) in [7, 11) is 1.49. The van der Waals surface area contributed by atoms with Gasteiger partial charge in [0.25, 0.3) is 0 Å². The monoisotopic (exact) mass is 202 g/mol. The summed E-state index contributed by atoms with van der Waals surface area (Å²) >= 11 is 5.61. The number of halogens is 1. The van der Waals surface area contributed by atoms with Crippen molar-refractivity contribution >= 4 is 11.6 Å². The molecule has 0 aromatic carbocycles. The number of nitrogens with zero attached hydrogens (tertiary/aromatic N) is 2. The molecule has 5 heteroatoms. The van der Waals surface area contributed by atoms with Crippen LogP contribution >= 0.6 is 11.6 Å². The van der Waals surface area contributed by atoms with Crippen LogP contribution in [0, 0.1) is 0 Å². The zero-order valence-electron chi connectivity index (χ0n) is 7.71. The summed E-state index contributed by atoms with van der Waals surface area (Å²) in [6, 6.07) is 1.52. The highest BCUT2D eigenvalue weighted by atomic mass is 35.5. The molecule has 0 amide bonds. The highest BCUT2D eigenvalue weighted by Gasteiger charge is 2.23. The molecule has 1 aromatic rings. The van der Waals surface area contributed by atoms with E-state index in [1.165, 1.54) is 13.2 Å². The van der Waals surface area contributed by atoms with Crippen molar-refractivity contribution in [3.05, 3.63) is 16.9 Å². The van der Waals surface area contributed by atoms with Crippen molar-refractivity contribution in [3.63, 3.8) is 0 Å². The van der Waals surface area contributed by atoms with Crippen LogP contribution in [0.2, 0.25) is 5.15 Å². The largest absolute Gasteiger partial charge is 0.495 e. The molecule has 1 aromatic heterocycles. The quantitative estimate of drug-likeness (QED) is 0.787. The van der Waals surface area contributed by atoms with Crippen molar-refractivity contribution in [1.82, 2.24) is 10.2 Å². The van der Waals surface area contributed by atoms with Gasteiger partial charge in [-0.15, -0.1) is 10.2 Å². The molecule has 4 nitrogen and oxygen atoms in total. The minimum absolute atomic E-state index is 0.241. The summed E-state index contributed by atoms with van der Waals surface area (Å²) in [5.74, 6) is 0.438. The first-order chi connectivity index (χ1) is 5.95. The zero-order chi connectivity index (χ0) is 10.1. The molecule has 0 spiro atoms. The molecule has 1 heterocycles. The first-order valence-electron chi connectivity index (χ1n) is 3.75. The van der Waals surface area contributed by atoms with Crippen LogP contribution < -0.4 is 4.74 Å². The van der Waals surface area contributed by atoms with Crippen molar-refractivity contribution in [3.8, 4) is 5.75 Å². The SMILES string of the molecule is COc1cc(Cl)nnc1C(C)(C)O. The molecular formula is C8H11ClN2O2. The molecule has 0 aliphatic heterocycles. The first-order valence-corrected chi connectivity index (χ1v) is 4.13. The second-order valence-electron chi connectivity index (χ2n) is 3.14. The van der Waals surface area contributed by atoms with E-state index in [0.717, 1.165) is 0 Å². The van der Waals surface area contributed by atoms with Gasteiger partial charge in [-0.2, -0.15) is 0 Å². The second kappa shape index (κ2) is 3.47. The van der Waals surface area contributed by atoms with Gasteiger partial charge in [0, 0.05) is 6.07 Å². The first kappa shape index (κ1) is 10.2. The zero-order valence-corrected chi connectivity index (χ0v) is 8.46. The van der Waals surface area contributed by atoms with E-state index in [-0.39, 0.29) is 5.15 Å². The summed E-state index contributed by atoms with van der Waals surface area (Å²) in [5, 5.41) is 17.3. The van der Waals surface area contributed by atoms with E-state index >= 15 is 0 Å². The van der Waals surface area contributed by atoms with E-state index in [9.17, 15) is 5.11 Å². The van der Waals surface area contributed by atoms with Gasteiger partial charge < -0.3 is 9.84 Å². The van der Waals surface area contributed by atoms with Crippen LogP contribution in [0.1, 0.15) is 19.5 Å². The van der Waals surface area contributed by atoms with Crippen molar-refractivity contribution < 1.29 is 9.84 Å². The van der Waals surface area contributed by atoms with Crippen LogP contribution in [0.3, 0.4) is 0 Å². The Labute approximate surface area is 81.5 Å². The van der Waals surface area contributed by atoms with E-state index in [2.05, 4.69) is 10.2 Å². The summed E-state index contributed by atoms with van der Waals surface area (Å²) < 4.78 is 5.01. The third kappa shape index (κ3) is 2.29. The number of hydrogen-bond donors (Lipinski definition) is 1. The molecule has 0 radical (unpaired) electrons. The van der Waals surface area contributed by atoms with Gasteiger partial charge >= 0.3 is 0 Å². The molecule has 0 aliphatic carbocycles. The molecular weight excluding hydrogens is 192 g/mol. The van der Waals surface area contributed by atoms with Crippen LogP contribution in [-0.2, 0) is 5.60 Å². The lowest BCUT2D eigenvalue weighted by atomic mass is 10.0. The third-order valence-corrected chi connectivity index (χ3v) is 1.71. The van der Waals surface area contributed by atoms with Crippen LogP contribution in [0.15, 0.2) is 6.07 Å². The van der Waals surface area contributed by atoms with Crippen LogP contribution in [0.25, 0.3) is 0 Å². The molecule has 0 atom stereocenters. The van der Waals surface area contributed by atoms with Gasteiger partial charge in [-0.05, 0) is 13.8 Å². The summed E-state index contributed by atoms with van der Waals surface area (Å²) in [6.45, 7) is 3.21. The number of rotatable bonds is 2. The van der Waals surface area contributed by atoms with Crippen molar-refractivity contribution in [2.75, 3.05) is 7.11 Å². The molecule has 0 saturated heterocycles. The Bertz CT molecular complexity index is 310. The topological polar surface area (TPSA) is 55.2 Å². The summed E-state index contributed by atoms with van der Waals surface area (Å²) in [5.41, 5.74) is -0.706. The lowest BCUT2D eigenvalue weighted by molar-refractivity contribution is 0.0696. The Morgan fingerprint density at radius 2 is 2.08 bits per heavy atom. The molecule has 13 heavy (non-hydrogen) atoms. The maximum absolute atomic E-state index is 9.67. The number of aliphatic hydroxyl groups is 1. The molecule has 0 fully saturated rings. The van der Waals surface area contributed by atoms with E-state index in [4.69, 9.17) is 16.3 Å². The van der Waals surface area contributed by atoms with Crippen LogP contribution in [0.5, 0.6) is 5.75 Å². The van der Waals surface area contributed by atoms with E-state index in [1.807, 2.05) is 0 Å². The van der Waals surface area contributed by atoms with Gasteiger partial charge in [0.2, 0.25) is 0 Å². The predicted octanol–water partition coefficient (Wildman–Crippen LogP) is 1.37. The number of ether oxygens (including phenoxy) is 1. The average Bonchev–Trinajstić information content (AvgIpc) is 2.01. The molecule has 0 saturated carbocycles. The summed E-state index contributed by atoms with van der Waals surface area (Å²) in [4.78, 5) is 0. The predicted molar refractivity (Wildman–Crippen MR) is 48.8 cm³/mol. The molecule has 0 bridgehead atoms. The standard InChI is InChI=1S/C8H11ClN2O2/c1-8(2,12)7-5(13-3)4-6(9)10-11-7/h4,12H,1-3H3. The Balaban J connectivity index is 3.22. The Kier molecular flexibility index (Phi) is 2.73. The highest BCUT2D eigenvalue weighted by Crippen LogP contribution is 2.27. The summed E-state index contributed by atoms with van der Waals surface area (Å²) in [6.07, 6.45) is 0. The minimum Gasteiger partial charge on any atom is -0.495 e. The fourth-order valence-corrected chi connectivity index (χ4v) is 1.07. The van der Waals surface area contributed by atoms with Gasteiger partial charge in [-0.3, -0.25) is 0 Å². The molecule has 1 rings (SSSR count). The van der Waals surface area contributed by atoms with Crippen LogP contribution in [-0.4, -0.2) is 22.4 Å². The smallest absolute Gasteiger partial charge is 0.155 e. The maximum Gasteiger partial charge on any atom is 0.155 e. The lowest BCUT2D eigenvalue weighted by Gasteiger charge is -2.18.